The topological polar surface area (TPSA) is 53.0 Å². The zero-order chi connectivity index (χ0) is 11.6. The van der Waals surface area contributed by atoms with Gasteiger partial charge in [0.2, 0.25) is 0 Å². The van der Waals surface area contributed by atoms with E-state index in [1.807, 2.05) is 0 Å². The third kappa shape index (κ3) is 2.56. The number of piperidine rings is 1. The summed E-state index contributed by atoms with van der Waals surface area (Å²) in [6.45, 7) is 6.60. The molecular weight excluding hydrogens is 198 g/mol. The largest absolute Gasteiger partial charge is 0.330 e. The average Bonchev–Trinajstić information content (AvgIpc) is 3.01. The molecule has 2 aliphatic rings. The van der Waals surface area contributed by atoms with E-state index in [1.165, 1.54) is 25.8 Å². The molecular formula is C13H23N3. The lowest BCUT2D eigenvalue weighted by Gasteiger charge is -2.38. The molecule has 0 aromatic carbocycles. The molecule has 90 valence electrons. The molecule has 2 N–H and O–H groups in total. The molecule has 0 spiro atoms. The summed E-state index contributed by atoms with van der Waals surface area (Å²) in [4.78, 5) is 2.54. The number of hydrogen-bond donors (Lipinski definition) is 1. The van der Waals surface area contributed by atoms with Gasteiger partial charge >= 0.3 is 0 Å². The zero-order valence-electron chi connectivity index (χ0n) is 10.3. The first-order chi connectivity index (χ1) is 7.69. The normalized spacial score (nSPS) is 33.3. The summed E-state index contributed by atoms with van der Waals surface area (Å²) in [5.41, 5.74) is 6.17. The van der Waals surface area contributed by atoms with Crippen molar-refractivity contribution in [2.24, 2.45) is 23.0 Å². The van der Waals surface area contributed by atoms with Crippen LogP contribution < -0.4 is 5.73 Å². The smallest absolute Gasteiger partial charge is 0.0628 e. The van der Waals surface area contributed by atoms with Gasteiger partial charge in [-0.1, -0.05) is 6.92 Å². The second kappa shape index (κ2) is 4.73. The second-order valence-electron chi connectivity index (χ2n) is 5.83. The summed E-state index contributed by atoms with van der Waals surface area (Å²) in [5.74, 6) is 1.43. The number of nitrogens with zero attached hydrogens (tertiary/aromatic N) is 2. The van der Waals surface area contributed by atoms with Crippen molar-refractivity contribution in [1.82, 2.24) is 4.90 Å². The van der Waals surface area contributed by atoms with E-state index in [0.29, 0.717) is 11.3 Å². The molecule has 0 aromatic rings. The van der Waals surface area contributed by atoms with Crippen LogP contribution in [-0.2, 0) is 0 Å². The van der Waals surface area contributed by atoms with Crippen LogP contribution in [0.2, 0.25) is 0 Å². The van der Waals surface area contributed by atoms with Gasteiger partial charge in [0, 0.05) is 19.5 Å². The van der Waals surface area contributed by atoms with Gasteiger partial charge in [-0.2, -0.15) is 5.26 Å². The minimum atomic E-state index is 0.356. The molecule has 0 amide bonds. The van der Waals surface area contributed by atoms with E-state index in [2.05, 4.69) is 17.9 Å². The van der Waals surface area contributed by atoms with Gasteiger partial charge in [-0.15, -0.1) is 0 Å². The van der Waals surface area contributed by atoms with E-state index in [9.17, 15) is 0 Å². The maximum atomic E-state index is 8.82. The van der Waals surface area contributed by atoms with E-state index in [1.54, 1.807) is 0 Å². The first kappa shape index (κ1) is 11.9. The highest BCUT2D eigenvalue weighted by Gasteiger charge is 2.44. The minimum Gasteiger partial charge on any atom is -0.330 e. The van der Waals surface area contributed by atoms with Crippen molar-refractivity contribution < 1.29 is 0 Å². The first-order valence-electron chi connectivity index (χ1n) is 6.48. The van der Waals surface area contributed by atoms with E-state index in [4.69, 9.17) is 11.0 Å². The molecule has 1 aliphatic carbocycles. The zero-order valence-corrected chi connectivity index (χ0v) is 10.3. The summed E-state index contributed by atoms with van der Waals surface area (Å²) in [6.07, 6.45) is 4.51. The van der Waals surface area contributed by atoms with Gasteiger partial charge in [-0.3, -0.25) is 0 Å². The van der Waals surface area contributed by atoms with Crippen LogP contribution in [0.25, 0.3) is 0 Å². The van der Waals surface area contributed by atoms with E-state index < -0.39 is 0 Å². The Morgan fingerprint density at radius 2 is 2.25 bits per heavy atom. The van der Waals surface area contributed by atoms with Crippen molar-refractivity contribution in [1.29, 1.82) is 5.26 Å². The summed E-state index contributed by atoms with van der Waals surface area (Å²) < 4.78 is 0. The van der Waals surface area contributed by atoms with E-state index in [0.717, 1.165) is 32.0 Å². The summed E-state index contributed by atoms with van der Waals surface area (Å²) >= 11 is 0. The molecule has 0 bridgehead atoms. The van der Waals surface area contributed by atoms with Crippen LogP contribution in [0, 0.1) is 28.6 Å². The van der Waals surface area contributed by atoms with Crippen LogP contribution in [0.3, 0.4) is 0 Å². The van der Waals surface area contributed by atoms with Crippen molar-refractivity contribution in [2.75, 3.05) is 26.2 Å². The predicted molar refractivity (Wildman–Crippen MR) is 64.7 cm³/mol. The molecule has 1 saturated heterocycles. The Kier molecular flexibility index (Phi) is 3.51. The Labute approximate surface area is 98.6 Å². The van der Waals surface area contributed by atoms with Gasteiger partial charge in [-0.25, -0.2) is 0 Å². The van der Waals surface area contributed by atoms with Crippen molar-refractivity contribution in [3.05, 3.63) is 0 Å². The van der Waals surface area contributed by atoms with Gasteiger partial charge in [0.25, 0.3) is 0 Å². The Bertz CT molecular complexity index is 277. The van der Waals surface area contributed by atoms with Crippen molar-refractivity contribution >= 4 is 0 Å². The van der Waals surface area contributed by atoms with Crippen LogP contribution in [0.4, 0.5) is 0 Å². The molecule has 2 atom stereocenters. The third-order valence-electron chi connectivity index (χ3n) is 4.47. The second-order valence-corrected chi connectivity index (χ2v) is 5.83. The lowest BCUT2D eigenvalue weighted by atomic mass is 9.86. The van der Waals surface area contributed by atoms with Crippen LogP contribution >= 0.6 is 0 Å². The molecule has 3 heteroatoms. The highest BCUT2D eigenvalue weighted by atomic mass is 15.1. The molecule has 2 rings (SSSR count). The van der Waals surface area contributed by atoms with Crippen LogP contribution in [0.15, 0.2) is 0 Å². The number of nitriles is 1. The maximum Gasteiger partial charge on any atom is 0.0628 e. The molecule has 2 unspecified atom stereocenters. The number of likely N-dealkylation sites (tertiary alicyclic amines) is 1. The van der Waals surface area contributed by atoms with Gasteiger partial charge in [0.1, 0.15) is 0 Å². The minimum absolute atomic E-state index is 0.356. The van der Waals surface area contributed by atoms with Crippen LogP contribution in [-0.4, -0.2) is 31.1 Å². The monoisotopic (exact) mass is 221 g/mol. The van der Waals surface area contributed by atoms with Crippen molar-refractivity contribution in [2.45, 2.75) is 32.6 Å². The Morgan fingerprint density at radius 3 is 2.81 bits per heavy atom. The SMILES string of the molecule is CC1CCN(CC2(CC#N)CC2)CC1CN. The predicted octanol–water partition coefficient (Wildman–Crippen LogP) is 1.60. The fourth-order valence-electron chi connectivity index (χ4n) is 2.88. The summed E-state index contributed by atoms with van der Waals surface area (Å²) in [6, 6.07) is 2.34. The first-order valence-corrected chi connectivity index (χ1v) is 6.48. The summed E-state index contributed by atoms with van der Waals surface area (Å²) in [7, 11) is 0. The highest BCUT2D eigenvalue weighted by molar-refractivity contribution is 5.01. The maximum absolute atomic E-state index is 8.82. The van der Waals surface area contributed by atoms with Gasteiger partial charge in [0.15, 0.2) is 0 Å². The quantitative estimate of drug-likeness (QED) is 0.784. The van der Waals surface area contributed by atoms with E-state index >= 15 is 0 Å². The standard InChI is InChI=1S/C13H23N3/c1-11-2-7-16(9-12(11)8-15)10-13(3-4-13)5-6-14/h11-12H,2-5,7-10,15H2,1H3. The molecule has 1 aliphatic heterocycles. The fraction of sp³-hybridized carbons (Fsp3) is 0.923. The van der Waals surface area contributed by atoms with Crippen LogP contribution in [0.1, 0.15) is 32.6 Å². The van der Waals surface area contributed by atoms with Crippen LogP contribution in [0.5, 0.6) is 0 Å². The Morgan fingerprint density at radius 1 is 1.50 bits per heavy atom. The highest BCUT2D eigenvalue weighted by Crippen LogP contribution is 2.49. The number of rotatable bonds is 4. The summed E-state index contributed by atoms with van der Waals surface area (Å²) in [5, 5.41) is 8.82. The Balaban J connectivity index is 1.85. The Hall–Kier alpha value is -0.590. The van der Waals surface area contributed by atoms with E-state index in [-0.39, 0.29) is 0 Å². The molecule has 2 fully saturated rings. The van der Waals surface area contributed by atoms with Gasteiger partial charge in [-0.05, 0) is 49.6 Å². The molecule has 16 heavy (non-hydrogen) atoms. The molecule has 1 heterocycles. The lowest BCUT2D eigenvalue weighted by molar-refractivity contribution is 0.111. The van der Waals surface area contributed by atoms with Crippen molar-refractivity contribution in [3.63, 3.8) is 0 Å². The molecule has 1 saturated carbocycles. The molecule has 0 aromatic heterocycles. The lowest BCUT2D eigenvalue weighted by Crippen LogP contribution is -2.44. The van der Waals surface area contributed by atoms with Gasteiger partial charge < -0.3 is 10.6 Å². The molecule has 0 radical (unpaired) electrons. The van der Waals surface area contributed by atoms with Gasteiger partial charge in [0.05, 0.1) is 6.07 Å². The molecule has 3 nitrogen and oxygen atoms in total. The van der Waals surface area contributed by atoms with Crippen molar-refractivity contribution in [3.8, 4) is 6.07 Å². The number of hydrogen-bond acceptors (Lipinski definition) is 3. The number of nitrogens with two attached hydrogens (primary N) is 1. The fourth-order valence-corrected chi connectivity index (χ4v) is 2.88. The third-order valence-corrected chi connectivity index (χ3v) is 4.47. The average molecular weight is 221 g/mol.